The molecule has 0 aliphatic heterocycles. The molecule has 6 nitrogen and oxygen atoms in total. The van der Waals surface area contributed by atoms with Crippen LogP contribution < -0.4 is 10.2 Å². The van der Waals surface area contributed by atoms with Crippen LogP contribution in [0.3, 0.4) is 0 Å². The monoisotopic (exact) mass is 230 g/mol. The second kappa shape index (κ2) is 4.73. The summed E-state index contributed by atoms with van der Waals surface area (Å²) in [5.41, 5.74) is 0.919. The smallest absolute Gasteiger partial charge is 0.230 e. The molecule has 0 fully saturated rings. The van der Waals surface area contributed by atoms with Gasteiger partial charge in [-0.1, -0.05) is 0 Å². The van der Waals surface area contributed by atoms with E-state index in [9.17, 15) is 0 Å². The van der Waals surface area contributed by atoms with Crippen LogP contribution in [0.2, 0.25) is 0 Å². The van der Waals surface area contributed by atoms with E-state index in [1.807, 2.05) is 31.1 Å². The maximum atomic E-state index is 4.39. The summed E-state index contributed by atoms with van der Waals surface area (Å²) in [5.74, 6) is 1.81. The Labute approximate surface area is 99.8 Å². The maximum Gasteiger partial charge on any atom is 0.230 e. The van der Waals surface area contributed by atoms with Crippen LogP contribution in [0.25, 0.3) is 11.4 Å². The number of aromatic nitrogens is 4. The van der Waals surface area contributed by atoms with Gasteiger partial charge in [0, 0.05) is 39.1 Å². The van der Waals surface area contributed by atoms with E-state index in [1.165, 1.54) is 0 Å². The number of nitrogens with zero attached hydrogens (tertiary/aromatic N) is 5. The van der Waals surface area contributed by atoms with Crippen molar-refractivity contribution >= 4 is 11.9 Å². The molecule has 0 atom stereocenters. The fourth-order valence-electron chi connectivity index (χ4n) is 1.31. The lowest BCUT2D eigenvalue weighted by atomic mass is 10.2. The molecule has 0 aromatic carbocycles. The van der Waals surface area contributed by atoms with Crippen molar-refractivity contribution in [2.45, 2.75) is 0 Å². The van der Waals surface area contributed by atoms with E-state index in [4.69, 9.17) is 0 Å². The fourth-order valence-corrected chi connectivity index (χ4v) is 1.31. The van der Waals surface area contributed by atoms with Gasteiger partial charge in [0.1, 0.15) is 0 Å². The van der Waals surface area contributed by atoms with E-state index in [-0.39, 0.29) is 0 Å². The number of anilines is 2. The normalized spacial score (nSPS) is 10.1. The molecule has 0 saturated heterocycles. The Bertz CT molecular complexity index is 497. The minimum absolute atomic E-state index is 0.551. The third kappa shape index (κ3) is 2.47. The van der Waals surface area contributed by atoms with Crippen LogP contribution in [0, 0.1) is 0 Å². The molecule has 88 valence electrons. The van der Waals surface area contributed by atoms with E-state index in [2.05, 4.69) is 25.3 Å². The van der Waals surface area contributed by atoms with Crippen molar-refractivity contribution in [1.82, 2.24) is 19.9 Å². The maximum absolute atomic E-state index is 4.39. The summed E-state index contributed by atoms with van der Waals surface area (Å²) >= 11 is 0. The first kappa shape index (κ1) is 11.3. The molecule has 1 N–H and O–H groups in total. The molecule has 0 amide bonds. The summed E-state index contributed by atoms with van der Waals surface area (Å²) in [6.45, 7) is 0. The summed E-state index contributed by atoms with van der Waals surface area (Å²) in [5, 5.41) is 2.93. The standard InChI is InChI=1S/C11H14N6/c1-12-10-14-9(8-4-6-13-7-5-8)15-11(16-10)17(2)3/h4-7H,1-3H3,(H,12,14,15,16). The molecule has 0 bridgehead atoms. The molecule has 17 heavy (non-hydrogen) atoms. The van der Waals surface area contributed by atoms with E-state index in [1.54, 1.807) is 19.4 Å². The second-order valence-corrected chi connectivity index (χ2v) is 3.66. The third-order valence-corrected chi connectivity index (χ3v) is 2.19. The highest BCUT2D eigenvalue weighted by Gasteiger charge is 2.08. The molecule has 2 rings (SSSR count). The van der Waals surface area contributed by atoms with Crippen molar-refractivity contribution in [3.8, 4) is 11.4 Å². The van der Waals surface area contributed by atoms with Crippen LogP contribution in [-0.4, -0.2) is 41.1 Å². The van der Waals surface area contributed by atoms with Gasteiger partial charge in [0.05, 0.1) is 0 Å². The highest BCUT2D eigenvalue weighted by atomic mass is 15.3. The van der Waals surface area contributed by atoms with Crippen molar-refractivity contribution < 1.29 is 0 Å². The van der Waals surface area contributed by atoms with Crippen molar-refractivity contribution in [2.75, 3.05) is 31.4 Å². The number of pyridine rings is 1. The molecule has 0 unspecified atom stereocenters. The Morgan fingerprint density at radius 3 is 2.35 bits per heavy atom. The van der Waals surface area contributed by atoms with Gasteiger partial charge in [-0.15, -0.1) is 0 Å². The minimum atomic E-state index is 0.551. The molecule has 6 heteroatoms. The lowest BCUT2D eigenvalue weighted by molar-refractivity contribution is 0.963. The second-order valence-electron chi connectivity index (χ2n) is 3.66. The van der Waals surface area contributed by atoms with Crippen LogP contribution in [0.1, 0.15) is 0 Å². The molecule has 0 aliphatic rings. The Morgan fingerprint density at radius 1 is 1.06 bits per heavy atom. The molecule has 0 radical (unpaired) electrons. The molecule has 2 aromatic rings. The SMILES string of the molecule is CNc1nc(-c2ccncc2)nc(N(C)C)n1. The van der Waals surface area contributed by atoms with E-state index in [0.29, 0.717) is 17.7 Å². The third-order valence-electron chi connectivity index (χ3n) is 2.19. The highest BCUT2D eigenvalue weighted by molar-refractivity contribution is 5.57. The molecule has 2 heterocycles. The van der Waals surface area contributed by atoms with Crippen LogP contribution in [0.4, 0.5) is 11.9 Å². The van der Waals surface area contributed by atoms with Crippen LogP contribution in [0.5, 0.6) is 0 Å². The summed E-state index contributed by atoms with van der Waals surface area (Å²) in [6, 6.07) is 3.74. The first-order chi connectivity index (χ1) is 8.20. The average molecular weight is 230 g/mol. The summed E-state index contributed by atoms with van der Waals surface area (Å²) in [4.78, 5) is 18.8. The first-order valence-corrected chi connectivity index (χ1v) is 5.22. The Balaban J connectivity index is 2.50. The Kier molecular flexibility index (Phi) is 3.13. The minimum Gasteiger partial charge on any atom is -0.357 e. The van der Waals surface area contributed by atoms with Gasteiger partial charge in [0.2, 0.25) is 11.9 Å². The van der Waals surface area contributed by atoms with Gasteiger partial charge in [-0.2, -0.15) is 15.0 Å². The van der Waals surface area contributed by atoms with Crippen LogP contribution in [0.15, 0.2) is 24.5 Å². The van der Waals surface area contributed by atoms with E-state index in [0.717, 1.165) is 5.56 Å². The number of hydrogen-bond donors (Lipinski definition) is 1. The van der Waals surface area contributed by atoms with Crippen molar-refractivity contribution in [1.29, 1.82) is 0 Å². The summed E-state index contributed by atoms with van der Waals surface area (Å²) < 4.78 is 0. The van der Waals surface area contributed by atoms with Gasteiger partial charge >= 0.3 is 0 Å². The number of hydrogen-bond acceptors (Lipinski definition) is 6. The van der Waals surface area contributed by atoms with Crippen LogP contribution >= 0.6 is 0 Å². The van der Waals surface area contributed by atoms with Crippen molar-refractivity contribution in [2.24, 2.45) is 0 Å². The molecular formula is C11H14N6. The van der Waals surface area contributed by atoms with E-state index < -0.39 is 0 Å². The zero-order valence-corrected chi connectivity index (χ0v) is 10.0. The number of nitrogens with one attached hydrogen (secondary N) is 1. The van der Waals surface area contributed by atoms with Crippen LogP contribution in [-0.2, 0) is 0 Å². The van der Waals surface area contributed by atoms with Gasteiger partial charge in [-0.3, -0.25) is 4.98 Å². The van der Waals surface area contributed by atoms with Gasteiger partial charge < -0.3 is 10.2 Å². The summed E-state index contributed by atoms with van der Waals surface area (Å²) in [6.07, 6.45) is 3.43. The topological polar surface area (TPSA) is 66.8 Å². The Morgan fingerprint density at radius 2 is 1.76 bits per heavy atom. The van der Waals surface area contributed by atoms with Gasteiger partial charge in [-0.25, -0.2) is 0 Å². The Hall–Kier alpha value is -2.24. The zero-order valence-electron chi connectivity index (χ0n) is 10.0. The van der Waals surface area contributed by atoms with Crippen molar-refractivity contribution in [3.63, 3.8) is 0 Å². The predicted octanol–water partition coefficient (Wildman–Crippen LogP) is 1.04. The fraction of sp³-hybridized carbons (Fsp3) is 0.273. The molecule has 2 aromatic heterocycles. The van der Waals surface area contributed by atoms with Gasteiger partial charge in [0.25, 0.3) is 0 Å². The van der Waals surface area contributed by atoms with Gasteiger partial charge in [0.15, 0.2) is 5.82 Å². The average Bonchev–Trinajstić information content (AvgIpc) is 2.39. The zero-order chi connectivity index (χ0) is 12.3. The molecule has 0 spiro atoms. The highest BCUT2D eigenvalue weighted by Crippen LogP contribution is 2.17. The summed E-state index contributed by atoms with van der Waals surface area (Å²) in [7, 11) is 5.57. The lowest BCUT2D eigenvalue weighted by Gasteiger charge is -2.12. The lowest BCUT2D eigenvalue weighted by Crippen LogP contribution is -2.15. The first-order valence-electron chi connectivity index (χ1n) is 5.22. The predicted molar refractivity (Wildman–Crippen MR) is 66.9 cm³/mol. The van der Waals surface area contributed by atoms with Gasteiger partial charge in [-0.05, 0) is 12.1 Å². The molecule has 0 saturated carbocycles. The molecule has 0 aliphatic carbocycles. The number of rotatable bonds is 3. The molecular weight excluding hydrogens is 216 g/mol. The van der Waals surface area contributed by atoms with E-state index >= 15 is 0 Å². The van der Waals surface area contributed by atoms with Crippen molar-refractivity contribution in [3.05, 3.63) is 24.5 Å². The largest absolute Gasteiger partial charge is 0.357 e. The quantitative estimate of drug-likeness (QED) is 0.849.